The molecule has 1 unspecified atom stereocenters. The van der Waals surface area contributed by atoms with Crippen molar-refractivity contribution in [3.63, 3.8) is 0 Å². The van der Waals surface area contributed by atoms with Crippen molar-refractivity contribution < 1.29 is 8.78 Å². The quantitative estimate of drug-likeness (QED) is 0.678. The van der Waals surface area contributed by atoms with Gasteiger partial charge in [0.05, 0.1) is 5.54 Å². The number of hydrogen-bond donors (Lipinski definition) is 2. The molecular weight excluding hydrogens is 330 g/mol. The highest BCUT2D eigenvalue weighted by Gasteiger charge is 2.41. The molecule has 0 fully saturated rings. The lowest BCUT2D eigenvalue weighted by atomic mass is 9.79. The van der Waals surface area contributed by atoms with E-state index >= 15 is 0 Å². The van der Waals surface area contributed by atoms with E-state index in [9.17, 15) is 8.78 Å². The first-order valence-corrected chi connectivity index (χ1v) is 8.44. The maximum Gasteiger partial charge on any atom is 0.164 e. The molecule has 1 aromatic heterocycles. The molecular formula is C19H17ClF2N2. The normalized spacial score (nSPS) is 20.3. The number of halogens is 3. The van der Waals surface area contributed by atoms with E-state index < -0.39 is 17.2 Å². The van der Waals surface area contributed by atoms with Crippen LogP contribution in [0.1, 0.15) is 30.2 Å². The summed E-state index contributed by atoms with van der Waals surface area (Å²) >= 11 is 6.15. The van der Waals surface area contributed by atoms with Gasteiger partial charge in [-0.15, -0.1) is 0 Å². The van der Waals surface area contributed by atoms with Crippen LogP contribution in [0.3, 0.4) is 0 Å². The number of rotatable bonds is 2. The molecule has 2 heterocycles. The Kier molecular flexibility index (Phi) is 3.62. The van der Waals surface area contributed by atoms with Crippen molar-refractivity contribution in [1.29, 1.82) is 0 Å². The number of aromatic nitrogens is 1. The molecule has 0 amide bonds. The standard InChI is InChI=1S/C19H17ClF2N2/c1-2-19(14-4-3-5-15(21)17(14)22)18-12(8-9-23-19)13-10-11(20)6-7-16(13)24-18/h3-7,10,23-24H,2,8-9H2,1H3. The van der Waals surface area contributed by atoms with Gasteiger partial charge in [0.15, 0.2) is 11.6 Å². The van der Waals surface area contributed by atoms with Gasteiger partial charge < -0.3 is 10.3 Å². The van der Waals surface area contributed by atoms with Crippen LogP contribution < -0.4 is 5.32 Å². The summed E-state index contributed by atoms with van der Waals surface area (Å²) in [6.45, 7) is 2.67. The van der Waals surface area contributed by atoms with Crippen molar-refractivity contribution in [2.45, 2.75) is 25.3 Å². The predicted octanol–water partition coefficient (Wildman–Crippen LogP) is 4.90. The van der Waals surface area contributed by atoms with E-state index in [0.717, 1.165) is 34.6 Å². The molecule has 1 aliphatic heterocycles. The summed E-state index contributed by atoms with van der Waals surface area (Å²) in [6, 6.07) is 10.0. The smallest absolute Gasteiger partial charge is 0.164 e. The van der Waals surface area contributed by atoms with Gasteiger partial charge in [-0.3, -0.25) is 0 Å². The van der Waals surface area contributed by atoms with E-state index in [1.54, 1.807) is 12.1 Å². The van der Waals surface area contributed by atoms with Crippen LogP contribution in [0, 0.1) is 11.6 Å². The van der Waals surface area contributed by atoms with E-state index in [-0.39, 0.29) is 0 Å². The Labute approximate surface area is 143 Å². The number of H-pyrrole nitrogens is 1. The summed E-state index contributed by atoms with van der Waals surface area (Å²) in [5.41, 5.74) is 2.55. The fourth-order valence-corrected chi connectivity index (χ4v) is 4.06. The van der Waals surface area contributed by atoms with Crippen molar-refractivity contribution in [1.82, 2.24) is 10.3 Å². The number of aromatic amines is 1. The zero-order valence-corrected chi connectivity index (χ0v) is 14.0. The fraction of sp³-hybridized carbons (Fsp3) is 0.263. The molecule has 3 aromatic rings. The van der Waals surface area contributed by atoms with Crippen molar-refractivity contribution in [3.05, 3.63) is 69.9 Å². The molecule has 0 bridgehead atoms. The molecule has 2 nitrogen and oxygen atoms in total. The highest BCUT2D eigenvalue weighted by molar-refractivity contribution is 6.31. The van der Waals surface area contributed by atoms with Crippen molar-refractivity contribution in [3.8, 4) is 0 Å². The molecule has 0 aliphatic carbocycles. The van der Waals surface area contributed by atoms with Gasteiger partial charge in [0, 0.05) is 33.7 Å². The molecule has 24 heavy (non-hydrogen) atoms. The van der Waals surface area contributed by atoms with Crippen LogP contribution in [0.2, 0.25) is 5.02 Å². The van der Waals surface area contributed by atoms with Crippen LogP contribution in [0.25, 0.3) is 10.9 Å². The zero-order chi connectivity index (χ0) is 16.9. The number of nitrogens with one attached hydrogen (secondary N) is 2. The second kappa shape index (κ2) is 5.57. The predicted molar refractivity (Wildman–Crippen MR) is 92.4 cm³/mol. The lowest BCUT2D eigenvalue weighted by Gasteiger charge is -2.38. The highest BCUT2D eigenvalue weighted by atomic mass is 35.5. The summed E-state index contributed by atoms with van der Waals surface area (Å²) in [6.07, 6.45) is 1.41. The maximum absolute atomic E-state index is 14.6. The first-order valence-electron chi connectivity index (χ1n) is 8.07. The van der Waals surface area contributed by atoms with E-state index in [0.29, 0.717) is 23.6 Å². The van der Waals surface area contributed by atoms with Crippen molar-refractivity contribution in [2.24, 2.45) is 0 Å². The molecule has 2 aromatic carbocycles. The molecule has 4 rings (SSSR count). The van der Waals surface area contributed by atoms with Crippen molar-refractivity contribution in [2.75, 3.05) is 6.54 Å². The molecule has 124 valence electrons. The fourth-order valence-electron chi connectivity index (χ4n) is 3.89. The number of fused-ring (bicyclic) bond motifs is 3. The first-order chi connectivity index (χ1) is 11.6. The van der Waals surface area contributed by atoms with Gasteiger partial charge in [-0.2, -0.15) is 0 Å². The summed E-state index contributed by atoms with van der Waals surface area (Å²) in [7, 11) is 0. The van der Waals surface area contributed by atoms with Gasteiger partial charge in [-0.1, -0.05) is 30.7 Å². The largest absolute Gasteiger partial charge is 0.356 e. The van der Waals surface area contributed by atoms with Gasteiger partial charge in [-0.25, -0.2) is 8.78 Å². The molecule has 0 spiro atoms. The van der Waals surface area contributed by atoms with Crippen LogP contribution in [0.5, 0.6) is 0 Å². The minimum Gasteiger partial charge on any atom is -0.356 e. The Hall–Kier alpha value is -1.91. The Morgan fingerprint density at radius 1 is 1.21 bits per heavy atom. The number of hydrogen-bond acceptors (Lipinski definition) is 1. The molecule has 2 N–H and O–H groups in total. The summed E-state index contributed by atoms with van der Waals surface area (Å²) < 4.78 is 28.4. The van der Waals surface area contributed by atoms with E-state index in [2.05, 4.69) is 10.3 Å². The van der Waals surface area contributed by atoms with Gasteiger partial charge in [0.2, 0.25) is 0 Å². The van der Waals surface area contributed by atoms with E-state index in [4.69, 9.17) is 11.6 Å². The Morgan fingerprint density at radius 2 is 2.04 bits per heavy atom. The van der Waals surface area contributed by atoms with Crippen LogP contribution in [0.15, 0.2) is 36.4 Å². The van der Waals surface area contributed by atoms with Gasteiger partial charge in [0.25, 0.3) is 0 Å². The number of benzene rings is 2. The van der Waals surface area contributed by atoms with E-state index in [1.807, 2.05) is 25.1 Å². The molecule has 5 heteroatoms. The monoisotopic (exact) mass is 346 g/mol. The topological polar surface area (TPSA) is 27.8 Å². The van der Waals surface area contributed by atoms with Crippen molar-refractivity contribution >= 4 is 22.5 Å². The Balaban J connectivity index is 2.03. The molecule has 1 aliphatic rings. The average Bonchev–Trinajstić information content (AvgIpc) is 2.96. The second-order valence-electron chi connectivity index (χ2n) is 6.21. The maximum atomic E-state index is 14.6. The Morgan fingerprint density at radius 3 is 2.83 bits per heavy atom. The molecule has 0 saturated heterocycles. The zero-order valence-electron chi connectivity index (χ0n) is 13.2. The van der Waals surface area contributed by atoms with Gasteiger partial charge >= 0.3 is 0 Å². The van der Waals surface area contributed by atoms with E-state index in [1.165, 1.54) is 0 Å². The van der Waals surface area contributed by atoms with Crippen LogP contribution >= 0.6 is 11.6 Å². The third kappa shape index (κ3) is 2.10. The second-order valence-corrected chi connectivity index (χ2v) is 6.64. The summed E-state index contributed by atoms with van der Waals surface area (Å²) in [5.74, 6) is -1.62. The van der Waals surface area contributed by atoms with Gasteiger partial charge in [-0.05, 0) is 42.7 Å². The first kappa shape index (κ1) is 15.6. The minimum absolute atomic E-state index is 0.337. The molecule has 1 atom stereocenters. The average molecular weight is 347 g/mol. The lowest BCUT2D eigenvalue weighted by Crippen LogP contribution is -2.48. The third-order valence-corrected chi connectivity index (χ3v) is 5.27. The molecule has 0 radical (unpaired) electrons. The van der Waals surface area contributed by atoms with Gasteiger partial charge in [0.1, 0.15) is 0 Å². The van der Waals surface area contributed by atoms with Crippen LogP contribution in [-0.4, -0.2) is 11.5 Å². The summed E-state index contributed by atoms with van der Waals surface area (Å²) in [4.78, 5) is 3.42. The van der Waals surface area contributed by atoms with Crippen LogP contribution in [0.4, 0.5) is 8.78 Å². The Bertz CT molecular complexity index is 935. The highest BCUT2D eigenvalue weighted by Crippen LogP contribution is 2.41. The van der Waals surface area contributed by atoms with Crippen LogP contribution in [-0.2, 0) is 12.0 Å². The minimum atomic E-state index is -0.826. The third-order valence-electron chi connectivity index (χ3n) is 5.04. The lowest BCUT2D eigenvalue weighted by molar-refractivity contribution is 0.340. The SMILES string of the molecule is CCC1(c2cccc(F)c2F)NCCc2c1[nH]c1ccc(Cl)cc21. The molecule has 0 saturated carbocycles. The summed E-state index contributed by atoms with van der Waals surface area (Å²) in [5, 5.41) is 5.15.